The van der Waals surface area contributed by atoms with E-state index in [0.717, 1.165) is 22.4 Å². The second-order valence-electron chi connectivity index (χ2n) is 3.91. The van der Waals surface area contributed by atoms with Crippen molar-refractivity contribution in [3.63, 3.8) is 0 Å². The SMILES string of the molecule is NC1=NCc2[nH]c(Br)c(Cc3ccsc3)c2N1. The molecule has 4 nitrogen and oxygen atoms in total. The Bertz CT molecular complexity index is 571. The number of hydrogen-bond donors (Lipinski definition) is 3. The number of nitrogens with one attached hydrogen (secondary N) is 2. The minimum Gasteiger partial charge on any atom is -0.370 e. The molecule has 0 saturated heterocycles. The lowest BCUT2D eigenvalue weighted by molar-refractivity contribution is 0.985. The van der Waals surface area contributed by atoms with E-state index >= 15 is 0 Å². The molecule has 0 atom stereocenters. The molecule has 0 spiro atoms. The lowest BCUT2D eigenvalue weighted by Gasteiger charge is -2.13. The van der Waals surface area contributed by atoms with E-state index in [4.69, 9.17) is 5.73 Å². The molecule has 17 heavy (non-hydrogen) atoms. The van der Waals surface area contributed by atoms with Crippen molar-refractivity contribution >= 4 is 38.9 Å². The predicted molar refractivity (Wildman–Crippen MR) is 74.6 cm³/mol. The predicted octanol–water partition coefficient (Wildman–Crippen LogP) is 2.67. The molecule has 2 aromatic rings. The summed E-state index contributed by atoms with van der Waals surface area (Å²) >= 11 is 5.27. The van der Waals surface area contributed by atoms with Crippen LogP contribution in [-0.4, -0.2) is 10.9 Å². The van der Waals surface area contributed by atoms with Gasteiger partial charge in [0.1, 0.15) is 0 Å². The lowest BCUT2D eigenvalue weighted by Crippen LogP contribution is -2.26. The van der Waals surface area contributed by atoms with Crippen molar-refractivity contribution in [3.8, 4) is 0 Å². The number of aromatic nitrogens is 1. The van der Waals surface area contributed by atoms with Gasteiger partial charge in [0.15, 0.2) is 5.96 Å². The summed E-state index contributed by atoms with van der Waals surface area (Å²) < 4.78 is 1.01. The van der Waals surface area contributed by atoms with Gasteiger partial charge in [-0.25, -0.2) is 4.99 Å². The van der Waals surface area contributed by atoms with E-state index in [2.05, 4.69) is 48.0 Å². The number of rotatable bonds is 2. The van der Waals surface area contributed by atoms with Crippen molar-refractivity contribution in [2.75, 3.05) is 5.32 Å². The minimum absolute atomic E-state index is 0.482. The first kappa shape index (κ1) is 10.9. The van der Waals surface area contributed by atoms with Crippen LogP contribution in [0.25, 0.3) is 0 Å². The highest BCUT2D eigenvalue weighted by molar-refractivity contribution is 9.10. The second-order valence-corrected chi connectivity index (χ2v) is 5.48. The van der Waals surface area contributed by atoms with Gasteiger partial charge in [0.05, 0.1) is 22.5 Å². The number of nitrogens with zero attached hydrogens (tertiary/aromatic N) is 1. The van der Waals surface area contributed by atoms with Gasteiger partial charge in [-0.1, -0.05) is 0 Å². The zero-order valence-corrected chi connectivity index (χ0v) is 11.4. The first-order valence-electron chi connectivity index (χ1n) is 5.21. The van der Waals surface area contributed by atoms with Gasteiger partial charge in [-0.3, -0.25) is 0 Å². The number of anilines is 1. The van der Waals surface area contributed by atoms with E-state index in [1.807, 2.05) is 0 Å². The molecule has 0 unspecified atom stereocenters. The molecule has 3 heterocycles. The average Bonchev–Trinajstić information content (AvgIpc) is 2.90. The van der Waals surface area contributed by atoms with Crippen LogP contribution in [0.1, 0.15) is 16.8 Å². The number of H-pyrrole nitrogens is 1. The van der Waals surface area contributed by atoms with Crippen molar-refractivity contribution in [1.82, 2.24) is 4.98 Å². The minimum atomic E-state index is 0.482. The van der Waals surface area contributed by atoms with E-state index < -0.39 is 0 Å². The molecule has 0 fully saturated rings. The quantitative estimate of drug-likeness (QED) is 0.798. The van der Waals surface area contributed by atoms with Gasteiger partial charge in [0, 0.05) is 12.0 Å². The smallest absolute Gasteiger partial charge is 0.193 e. The number of thiophene rings is 1. The maximum Gasteiger partial charge on any atom is 0.193 e. The molecule has 4 N–H and O–H groups in total. The number of aromatic amines is 1. The van der Waals surface area contributed by atoms with Crippen LogP contribution in [0.5, 0.6) is 0 Å². The van der Waals surface area contributed by atoms with Gasteiger partial charge in [-0.2, -0.15) is 11.3 Å². The van der Waals surface area contributed by atoms with E-state index in [1.165, 1.54) is 11.1 Å². The summed E-state index contributed by atoms with van der Waals surface area (Å²) in [5.74, 6) is 0.482. The van der Waals surface area contributed by atoms with Crippen LogP contribution in [0.3, 0.4) is 0 Å². The molecule has 88 valence electrons. The molecular formula is C11H11BrN4S. The average molecular weight is 311 g/mol. The summed E-state index contributed by atoms with van der Waals surface area (Å²) in [5, 5.41) is 7.38. The number of nitrogens with two attached hydrogens (primary N) is 1. The Hall–Kier alpha value is -1.27. The fourth-order valence-electron chi connectivity index (χ4n) is 1.93. The van der Waals surface area contributed by atoms with Crippen LogP contribution in [0.2, 0.25) is 0 Å². The van der Waals surface area contributed by atoms with Crippen LogP contribution in [0.4, 0.5) is 5.69 Å². The molecule has 0 bridgehead atoms. The molecule has 0 amide bonds. The van der Waals surface area contributed by atoms with Crippen LogP contribution >= 0.6 is 27.3 Å². The highest BCUT2D eigenvalue weighted by Gasteiger charge is 2.19. The Labute approximate surface area is 111 Å². The summed E-state index contributed by atoms with van der Waals surface area (Å²) in [6.07, 6.45) is 0.885. The molecule has 0 aromatic carbocycles. The second kappa shape index (κ2) is 4.19. The third-order valence-electron chi connectivity index (χ3n) is 2.75. The number of fused-ring (bicyclic) bond motifs is 1. The van der Waals surface area contributed by atoms with Crippen molar-refractivity contribution in [2.24, 2.45) is 10.7 Å². The summed E-state index contributed by atoms with van der Waals surface area (Å²) in [7, 11) is 0. The summed E-state index contributed by atoms with van der Waals surface area (Å²) in [6.45, 7) is 0.608. The highest BCUT2D eigenvalue weighted by Crippen LogP contribution is 2.33. The number of halogens is 1. The molecule has 3 rings (SSSR count). The third kappa shape index (κ3) is 1.98. The largest absolute Gasteiger partial charge is 0.370 e. The van der Waals surface area contributed by atoms with Gasteiger partial charge >= 0.3 is 0 Å². The van der Waals surface area contributed by atoms with E-state index in [9.17, 15) is 0 Å². The van der Waals surface area contributed by atoms with Crippen LogP contribution in [-0.2, 0) is 13.0 Å². The van der Waals surface area contributed by atoms with Gasteiger partial charge in [0.2, 0.25) is 0 Å². The number of hydrogen-bond acceptors (Lipinski definition) is 4. The summed E-state index contributed by atoms with van der Waals surface area (Å²) in [6, 6.07) is 2.14. The lowest BCUT2D eigenvalue weighted by atomic mass is 10.1. The van der Waals surface area contributed by atoms with E-state index in [-0.39, 0.29) is 0 Å². The molecule has 0 saturated carbocycles. The van der Waals surface area contributed by atoms with Gasteiger partial charge < -0.3 is 16.0 Å². The Balaban J connectivity index is 1.98. The van der Waals surface area contributed by atoms with Gasteiger partial charge in [-0.05, 0) is 38.3 Å². The number of aliphatic imine (C=N–C) groups is 1. The molecule has 1 aliphatic heterocycles. The fraction of sp³-hybridized carbons (Fsp3) is 0.182. The molecule has 6 heteroatoms. The molecule has 2 aromatic heterocycles. The Morgan fingerprint density at radius 2 is 2.41 bits per heavy atom. The maximum absolute atomic E-state index is 5.71. The zero-order valence-electron chi connectivity index (χ0n) is 8.96. The summed E-state index contributed by atoms with van der Waals surface area (Å²) in [4.78, 5) is 7.45. The molecule has 0 radical (unpaired) electrons. The van der Waals surface area contributed by atoms with Gasteiger partial charge in [-0.15, -0.1) is 0 Å². The third-order valence-corrected chi connectivity index (χ3v) is 4.16. The molecular weight excluding hydrogens is 300 g/mol. The molecule has 1 aliphatic rings. The van der Waals surface area contributed by atoms with Crippen molar-refractivity contribution in [1.29, 1.82) is 0 Å². The fourth-order valence-corrected chi connectivity index (χ4v) is 3.17. The zero-order chi connectivity index (χ0) is 11.8. The Kier molecular flexibility index (Phi) is 2.68. The van der Waals surface area contributed by atoms with Crippen LogP contribution in [0, 0.1) is 0 Å². The number of guanidine groups is 1. The van der Waals surface area contributed by atoms with Crippen molar-refractivity contribution in [3.05, 3.63) is 38.3 Å². The molecule has 0 aliphatic carbocycles. The first-order chi connectivity index (χ1) is 8.24. The van der Waals surface area contributed by atoms with Crippen molar-refractivity contribution in [2.45, 2.75) is 13.0 Å². The topological polar surface area (TPSA) is 66.2 Å². The maximum atomic E-state index is 5.71. The standard InChI is InChI=1S/C11H11BrN4S/c12-10-7(3-6-1-2-17-5-6)9-8(15-10)4-14-11(13)16-9/h1-2,5,15H,3-4H2,(H3,13,14,16). The van der Waals surface area contributed by atoms with E-state index in [0.29, 0.717) is 12.5 Å². The Morgan fingerprint density at radius 3 is 3.18 bits per heavy atom. The normalized spacial score (nSPS) is 14.1. The monoisotopic (exact) mass is 310 g/mol. The highest BCUT2D eigenvalue weighted by atomic mass is 79.9. The Morgan fingerprint density at radius 1 is 1.53 bits per heavy atom. The van der Waals surface area contributed by atoms with Crippen LogP contribution in [0.15, 0.2) is 26.4 Å². The van der Waals surface area contributed by atoms with Crippen LogP contribution < -0.4 is 11.1 Å². The van der Waals surface area contributed by atoms with Crippen molar-refractivity contribution < 1.29 is 0 Å². The van der Waals surface area contributed by atoms with E-state index in [1.54, 1.807) is 11.3 Å². The van der Waals surface area contributed by atoms with Gasteiger partial charge in [0.25, 0.3) is 0 Å². The summed E-state index contributed by atoms with van der Waals surface area (Å²) in [5.41, 5.74) is 10.4. The first-order valence-corrected chi connectivity index (χ1v) is 6.95.